The molecule has 0 atom stereocenters. The average Bonchev–Trinajstić information content (AvgIpc) is 3.01. The molecule has 2 aliphatic carbocycles. The number of rotatable bonds is 2. The number of hydrogen-bond donors (Lipinski definition) is 2. The first-order chi connectivity index (χ1) is 8.75. The molecular weight excluding hydrogens is 220 g/mol. The normalized spacial score (nSPS) is 21.8. The van der Waals surface area contributed by atoms with Gasteiger partial charge < -0.3 is 11.5 Å². The van der Waals surface area contributed by atoms with Crippen LogP contribution in [0.3, 0.4) is 0 Å². The van der Waals surface area contributed by atoms with Crippen LogP contribution in [-0.4, -0.2) is 0 Å². The molecule has 0 saturated heterocycles. The lowest BCUT2D eigenvalue weighted by Crippen LogP contribution is -2.06. The Morgan fingerprint density at radius 1 is 0.667 bits per heavy atom. The van der Waals surface area contributed by atoms with Crippen LogP contribution in [0.4, 0.5) is 11.4 Å². The molecule has 0 amide bonds. The Kier molecular flexibility index (Phi) is 3.19. The highest BCUT2D eigenvalue weighted by Crippen LogP contribution is 2.43. The molecule has 2 fully saturated rings. The van der Waals surface area contributed by atoms with Gasteiger partial charge in [0.15, 0.2) is 0 Å². The van der Waals surface area contributed by atoms with Crippen LogP contribution in [0.5, 0.6) is 0 Å². The first-order valence-corrected chi connectivity index (χ1v) is 7.44. The number of hydrogen-bond acceptors (Lipinski definition) is 2. The summed E-state index contributed by atoms with van der Waals surface area (Å²) in [5.74, 6) is 1.37. The lowest BCUT2D eigenvalue weighted by molar-refractivity contribution is 0.703. The van der Waals surface area contributed by atoms with Gasteiger partial charge in [-0.3, -0.25) is 0 Å². The summed E-state index contributed by atoms with van der Waals surface area (Å²) in [6.07, 6.45) is 10.6. The van der Waals surface area contributed by atoms with Gasteiger partial charge in [0.05, 0.1) is 0 Å². The fourth-order valence-electron chi connectivity index (χ4n) is 3.85. The zero-order valence-corrected chi connectivity index (χ0v) is 11.1. The minimum atomic E-state index is 0.686. The topological polar surface area (TPSA) is 52.0 Å². The van der Waals surface area contributed by atoms with Gasteiger partial charge >= 0.3 is 0 Å². The van der Waals surface area contributed by atoms with Crippen LogP contribution in [0.1, 0.15) is 74.3 Å². The largest absolute Gasteiger partial charge is 0.398 e. The summed E-state index contributed by atoms with van der Waals surface area (Å²) in [6, 6.07) is 4.36. The van der Waals surface area contributed by atoms with Crippen LogP contribution >= 0.6 is 0 Å². The third-order valence-electron chi connectivity index (χ3n) is 4.88. The van der Waals surface area contributed by atoms with Crippen LogP contribution in [0.15, 0.2) is 12.1 Å². The van der Waals surface area contributed by atoms with Gasteiger partial charge in [-0.15, -0.1) is 0 Å². The van der Waals surface area contributed by atoms with Gasteiger partial charge in [0.2, 0.25) is 0 Å². The Balaban J connectivity index is 1.95. The van der Waals surface area contributed by atoms with Crippen molar-refractivity contribution < 1.29 is 0 Å². The molecule has 1 aromatic rings. The molecule has 18 heavy (non-hydrogen) atoms. The van der Waals surface area contributed by atoms with E-state index in [1.807, 2.05) is 6.07 Å². The molecule has 1 aromatic carbocycles. The Labute approximate surface area is 110 Å². The van der Waals surface area contributed by atoms with E-state index in [-0.39, 0.29) is 0 Å². The molecule has 4 N–H and O–H groups in total. The molecule has 0 radical (unpaired) electrons. The van der Waals surface area contributed by atoms with Crippen molar-refractivity contribution in [3.63, 3.8) is 0 Å². The standard InChI is InChI=1S/C16H24N2/c17-15-10-16(18)14(12-7-3-4-8-12)9-13(15)11-5-1-2-6-11/h9-12H,1-8,17-18H2. The highest BCUT2D eigenvalue weighted by Gasteiger charge is 2.24. The molecular formula is C16H24N2. The number of nitrogen functional groups attached to an aromatic ring is 2. The van der Waals surface area contributed by atoms with Crippen molar-refractivity contribution in [1.29, 1.82) is 0 Å². The molecule has 2 aliphatic rings. The average molecular weight is 244 g/mol. The maximum absolute atomic E-state index is 6.19. The fraction of sp³-hybridized carbons (Fsp3) is 0.625. The molecule has 0 bridgehead atoms. The molecule has 0 aromatic heterocycles. The minimum Gasteiger partial charge on any atom is -0.398 e. The number of anilines is 2. The Hall–Kier alpha value is -1.18. The van der Waals surface area contributed by atoms with Gasteiger partial charge in [-0.1, -0.05) is 31.7 Å². The maximum atomic E-state index is 6.19. The van der Waals surface area contributed by atoms with Crippen molar-refractivity contribution >= 4 is 11.4 Å². The molecule has 2 saturated carbocycles. The molecule has 0 heterocycles. The fourth-order valence-corrected chi connectivity index (χ4v) is 3.85. The van der Waals surface area contributed by atoms with Gasteiger partial charge in [-0.25, -0.2) is 0 Å². The predicted octanol–water partition coefficient (Wildman–Crippen LogP) is 4.17. The second-order valence-corrected chi connectivity index (χ2v) is 6.07. The Bertz CT molecular complexity index is 390. The molecule has 2 heteroatoms. The van der Waals surface area contributed by atoms with Gasteiger partial charge in [0, 0.05) is 11.4 Å². The second kappa shape index (κ2) is 4.83. The Morgan fingerprint density at radius 3 is 1.44 bits per heavy atom. The van der Waals surface area contributed by atoms with E-state index >= 15 is 0 Å². The van der Waals surface area contributed by atoms with E-state index < -0.39 is 0 Å². The van der Waals surface area contributed by atoms with E-state index in [1.54, 1.807) is 0 Å². The Morgan fingerprint density at radius 2 is 1.06 bits per heavy atom. The maximum Gasteiger partial charge on any atom is 0.0370 e. The second-order valence-electron chi connectivity index (χ2n) is 6.07. The molecule has 98 valence electrons. The summed E-state index contributed by atoms with van der Waals surface area (Å²) in [5.41, 5.74) is 17.0. The van der Waals surface area contributed by atoms with Crippen LogP contribution < -0.4 is 11.5 Å². The summed E-state index contributed by atoms with van der Waals surface area (Å²) in [6.45, 7) is 0. The van der Waals surface area contributed by atoms with E-state index in [4.69, 9.17) is 11.5 Å². The zero-order valence-electron chi connectivity index (χ0n) is 11.1. The summed E-state index contributed by atoms with van der Waals surface area (Å²) in [5, 5.41) is 0. The lowest BCUT2D eigenvalue weighted by Gasteiger charge is -2.19. The third-order valence-corrected chi connectivity index (χ3v) is 4.88. The molecule has 0 aliphatic heterocycles. The van der Waals surface area contributed by atoms with Crippen LogP contribution in [-0.2, 0) is 0 Å². The van der Waals surface area contributed by atoms with Crippen molar-refractivity contribution in [1.82, 2.24) is 0 Å². The van der Waals surface area contributed by atoms with E-state index in [0.29, 0.717) is 11.8 Å². The van der Waals surface area contributed by atoms with Crippen molar-refractivity contribution in [2.45, 2.75) is 63.2 Å². The minimum absolute atomic E-state index is 0.686. The lowest BCUT2D eigenvalue weighted by atomic mass is 9.88. The van der Waals surface area contributed by atoms with Crippen LogP contribution in [0, 0.1) is 0 Å². The van der Waals surface area contributed by atoms with Gasteiger partial charge in [-0.05, 0) is 54.7 Å². The van der Waals surface area contributed by atoms with Gasteiger partial charge in [0.1, 0.15) is 0 Å². The first-order valence-electron chi connectivity index (χ1n) is 7.44. The summed E-state index contributed by atoms with van der Waals surface area (Å²) in [7, 11) is 0. The molecule has 3 rings (SSSR count). The third kappa shape index (κ3) is 2.09. The van der Waals surface area contributed by atoms with E-state index in [1.165, 1.54) is 62.5 Å². The highest BCUT2D eigenvalue weighted by molar-refractivity contribution is 5.63. The number of benzene rings is 1. The first kappa shape index (κ1) is 11.9. The van der Waals surface area contributed by atoms with Crippen LogP contribution in [0.25, 0.3) is 0 Å². The summed E-state index contributed by atoms with van der Waals surface area (Å²) < 4.78 is 0. The number of nitrogens with two attached hydrogens (primary N) is 2. The predicted molar refractivity (Wildman–Crippen MR) is 77.7 cm³/mol. The van der Waals surface area contributed by atoms with Crippen molar-refractivity contribution in [3.05, 3.63) is 23.3 Å². The van der Waals surface area contributed by atoms with Crippen molar-refractivity contribution in [2.75, 3.05) is 11.5 Å². The van der Waals surface area contributed by atoms with E-state index in [2.05, 4.69) is 6.07 Å². The summed E-state index contributed by atoms with van der Waals surface area (Å²) in [4.78, 5) is 0. The van der Waals surface area contributed by atoms with Crippen molar-refractivity contribution in [2.24, 2.45) is 0 Å². The zero-order chi connectivity index (χ0) is 12.5. The quantitative estimate of drug-likeness (QED) is 0.767. The molecule has 0 spiro atoms. The van der Waals surface area contributed by atoms with Gasteiger partial charge in [0.25, 0.3) is 0 Å². The molecule has 2 nitrogen and oxygen atoms in total. The summed E-state index contributed by atoms with van der Waals surface area (Å²) >= 11 is 0. The molecule has 0 unspecified atom stereocenters. The monoisotopic (exact) mass is 244 g/mol. The van der Waals surface area contributed by atoms with Crippen molar-refractivity contribution in [3.8, 4) is 0 Å². The van der Waals surface area contributed by atoms with E-state index in [0.717, 1.165) is 11.4 Å². The van der Waals surface area contributed by atoms with Crippen LogP contribution in [0.2, 0.25) is 0 Å². The highest BCUT2D eigenvalue weighted by atomic mass is 14.6. The SMILES string of the molecule is Nc1cc(N)c(C2CCCC2)cc1C1CCCC1. The smallest absolute Gasteiger partial charge is 0.0370 e. The van der Waals surface area contributed by atoms with E-state index in [9.17, 15) is 0 Å². The van der Waals surface area contributed by atoms with Gasteiger partial charge in [-0.2, -0.15) is 0 Å².